The van der Waals surface area contributed by atoms with Crippen LogP contribution in [0.15, 0.2) is 42.5 Å². The number of methoxy groups -OCH3 is 2. The minimum Gasteiger partial charge on any atom is -0.496 e. The van der Waals surface area contributed by atoms with E-state index in [1.165, 1.54) is 0 Å². The van der Waals surface area contributed by atoms with Gasteiger partial charge < -0.3 is 24.4 Å². The first-order valence-corrected chi connectivity index (χ1v) is 11.3. The third-order valence-electron chi connectivity index (χ3n) is 5.02. The van der Waals surface area contributed by atoms with Gasteiger partial charge in [0.15, 0.2) is 6.61 Å². The number of benzene rings is 2. The van der Waals surface area contributed by atoms with Gasteiger partial charge in [-0.2, -0.15) is 0 Å². The van der Waals surface area contributed by atoms with Crippen LogP contribution in [0.3, 0.4) is 0 Å². The number of halogens is 1. The highest BCUT2D eigenvalue weighted by Crippen LogP contribution is 2.27. The molecular formula is C25H33ClN2O5. The van der Waals surface area contributed by atoms with Gasteiger partial charge in [0.1, 0.15) is 23.3 Å². The number of ether oxygens (including phenoxy) is 3. The van der Waals surface area contributed by atoms with Gasteiger partial charge in [-0.3, -0.25) is 9.59 Å². The molecule has 0 heterocycles. The summed E-state index contributed by atoms with van der Waals surface area (Å²) in [4.78, 5) is 27.7. The van der Waals surface area contributed by atoms with Gasteiger partial charge in [-0.15, -0.1) is 0 Å². The van der Waals surface area contributed by atoms with Gasteiger partial charge in [-0.25, -0.2) is 0 Å². The van der Waals surface area contributed by atoms with Crippen LogP contribution in [-0.4, -0.2) is 50.1 Å². The molecule has 8 heteroatoms. The van der Waals surface area contributed by atoms with E-state index in [4.69, 9.17) is 25.8 Å². The molecule has 0 spiro atoms. The number of hydrogen-bond acceptors (Lipinski definition) is 5. The second kappa shape index (κ2) is 12.9. The molecule has 0 bridgehead atoms. The lowest BCUT2D eigenvalue weighted by Gasteiger charge is -2.31. The van der Waals surface area contributed by atoms with Gasteiger partial charge in [-0.1, -0.05) is 44.5 Å². The second-order valence-electron chi connectivity index (χ2n) is 8.05. The predicted octanol–water partition coefficient (Wildman–Crippen LogP) is 4.32. The van der Waals surface area contributed by atoms with E-state index in [0.29, 0.717) is 41.2 Å². The molecule has 2 aromatic rings. The van der Waals surface area contributed by atoms with Crippen LogP contribution >= 0.6 is 11.6 Å². The number of amides is 2. The lowest BCUT2D eigenvalue weighted by Crippen LogP contribution is -2.50. The smallest absolute Gasteiger partial charge is 0.261 e. The molecule has 1 atom stereocenters. The first kappa shape index (κ1) is 26.3. The minimum absolute atomic E-state index is 0.184. The molecule has 2 amide bonds. The van der Waals surface area contributed by atoms with Gasteiger partial charge in [0.05, 0.1) is 14.2 Å². The molecule has 0 aliphatic heterocycles. The standard InChI is InChI=1S/C25H33ClN2O5/c1-6-23(25(30)27-14-17(2)3)28(15-18-7-9-19(26)10-8-18)24(29)16-33-22-12-20(31-4)11-21(13-22)32-5/h7-13,17,23H,6,14-16H2,1-5H3,(H,27,30)/t23-/m1/s1. The Labute approximate surface area is 201 Å². The summed E-state index contributed by atoms with van der Waals surface area (Å²) < 4.78 is 16.3. The van der Waals surface area contributed by atoms with Gasteiger partial charge in [0.2, 0.25) is 5.91 Å². The predicted molar refractivity (Wildman–Crippen MR) is 129 cm³/mol. The fourth-order valence-electron chi connectivity index (χ4n) is 3.22. The van der Waals surface area contributed by atoms with Gasteiger partial charge in [0.25, 0.3) is 5.91 Å². The monoisotopic (exact) mass is 476 g/mol. The highest BCUT2D eigenvalue weighted by molar-refractivity contribution is 6.30. The van der Waals surface area contributed by atoms with Crippen LogP contribution < -0.4 is 19.5 Å². The SMILES string of the molecule is CC[C@H](C(=O)NCC(C)C)N(Cc1ccc(Cl)cc1)C(=O)COc1cc(OC)cc(OC)c1. The van der Waals surface area contributed by atoms with E-state index in [0.717, 1.165) is 5.56 Å². The molecule has 2 aromatic carbocycles. The molecule has 7 nitrogen and oxygen atoms in total. The van der Waals surface area contributed by atoms with Crippen LogP contribution in [0, 0.1) is 5.92 Å². The van der Waals surface area contributed by atoms with Crippen molar-refractivity contribution in [1.82, 2.24) is 10.2 Å². The number of nitrogens with zero attached hydrogens (tertiary/aromatic N) is 1. The van der Waals surface area contributed by atoms with Gasteiger partial charge in [-0.05, 0) is 30.0 Å². The van der Waals surface area contributed by atoms with Crippen molar-refractivity contribution in [1.29, 1.82) is 0 Å². The van der Waals surface area contributed by atoms with Crippen LogP contribution in [0.4, 0.5) is 0 Å². The van der Waals surface area contributed by atoms with Crippen molar-refractivity contribution in [2.45, 2.75) is 39.8 Å². The van der Waals surface area contributed by atoms with Crippen molar-refractivity contribution in [3.8, 4) is 17.2 Å². The second-order valence-corrected chi connectivity index (χ2v) is 8.48. The zero-order valence-electron chi connectivity index (χ0n) is 19.9. The van der Waals surface area contributed by atoms with E-state index >= 15 is 0 Å². The Kier molecular flexibility index (Phi) is 10.3. The van der Waals surface area contributed by atoms with E-state index in [-0.39, 0.29) is 25.0 Å². The van der Waals surface area contributed by atoms with Crippen LogP contribution in [0.2, 0.25) is 5.02 Å². The molecule has 0 radical (unpaired) electrons. The summed E-state index contributed by atoms with van der Waals surface area (Å²) in [5.74, 6) is 1.35. The quantitative estimate of drug-likeness (QED) is 0.493. The first-order valence-electron chi connectivity index (χ1n) is 10.9. The lowest BCUT2D eigenvalue weighted by atomic mass is 10.1. The van der Waals surface area contributed by atoms with Crippen molar-refractivity contribution in [3.63, 3.8) is 0 Å². The highest BCUT2D eigenvalue weighted by Gasteiger charge is 2.29. The fourth-order valence-corrected chi connectivity index (χ4v) is 3.35. The number of carbonyl (C=O) groups is 2. The zero-order valence-corrected chi connectivity index (χ0v) is 20.6. The van der Waals surface area contributed by atoms with Crippen LogP contribution in [0.25, 0.3) is 0 Å². The van der Waals surface area contributed by atoms with Crippen LogP contribution in [-0.2, 0) is 16.1 Å². The Morgan fingerprint density at radius 3 is 2.09 bits per heavy atom. The zero-order chi connectivity index (χ0) is 24.4. The number of rotatable bonds is 12. The van der Waals surface area contributed by atoms with Crippen molar-refractivity contribution < 1.29 is 23.8 Å². The van der Waals surface area contributed by atoms with Crippen molar-refractivity contribution in [2.24, 2.45) is 5.92 Å². The van der Waals surface area contributed by atoms with Gasteiger partial charge >= 0.3 is 0 Å². The van der Waals surface area contributed by atoms with Crippen molar-refractivity contribution in [3.05, 3.63) is 53.1 Å². The summed E-state index contributed by atoms with van der Waals surface area (Å²) >= 11 is 6.00. The van der Waals surface area contributed by atoms with E-state index in [2.05, 4.69) is 5.32 Å². The summed E-state index contributed by atoms with van der Waals surface area (Å²) in [6, 6.07) is 11.6. The molecule has 2 rings (SSSR count). The molecule has 33 heavy (non-hydrogen) atoms. The largest absolute Gasteiger partial charge is 0.496 e. The molecule has 0 aliphatic carbocycles. The molecule has 0 fully saturated rings. The average Bonchev–Trinajstić information content (AvgIpc) is 2.81. The maximum atomic E-state index is 13.3. The summed E-state index contributed by atoms with van der Waals surface area (Å²) in [5, 5.41) is 3.54. The maximum Gasteiger partial charge on any atom is 0.261 e. The van der Waals surface area contributed by atoms with E-state index < -0.39 is 6.04 Å². The van der Waals surface area contributed by atoms with E-state index in [9.17, 15) is 9.59 Å². The fraction of sp³-hybridized carbons (Fsp3) is 0.440. The average molecular weight is 477 g/mol. The Morgan fingerprint density at radius 1 is 1.00 bits per heavy atom. The molecular weight excluding hydrogens is 444 g/mol. The highest BCUT2D eigenvalue weighted by atomic mass is 35.5. The third-order valence-corrected chi connectivity index (χ3v) is 5.28. The minimum atomic E-state index is -0.629. The maximum absolute atomic E-state index is 13.3. The topological polar surface area (TPSA) is 77.1 Å². The van der Waals surface area contributed by atoms with Crippen LogP contribution in [0.1, 0.15) is 32.8 Å². The molecule has 0 saturated heterocycles. The number of hydrogen-bond donors (Lipinski definition) is 1. The Hall–Kier alpha value is -2.93. The molecule has 0 aromatic heterocycles. The third kappa shape index (κ3) is 8.17. The van der Waals surface area contributed by atoms with E-state index in [1.54, 1.807) is 49.5 Å². The van der Waals surface area contributed by atoms with Crippen molar-refractivity contribution >= 4 is 23.4 Å². The number of nitrogens with one attached hydrogen (secondary N) is 1. The van der Waals surface area contributed by atoms with Gasteiger partial charge in [0, 0.05) is 36.3 Å². The van der Waals surface area contributed by atoms with Crippen molar-refractivity contribution in [2.75, 3.05) is 27.4 Å². The summed E-state index contributed by atoms with van der Waals surface area (Å²) in [6.07, 6.45) is 0.468. The van der Waals surface area contributed by atoms with E-state index in [1.807, 2.05) is 32.9 Å². The lowest BCUT2D eigenvalue weighted by molar-refractivity contribution is -0.143. The first-order chi connectivity index (χ1) is 15.8. The Balaban J connectivity index is 2.22. The molecule has 0 unspecified atom stereocenters. The van der Waals surface area contributed by atoms with Crippen LogP contribution in [0.5, 0.6) is 17.2 Å². The Morgan fingerprint density at radius 2 is 1.58 bits per heavy atom. The summed E-state index contributed by atoms with van der Waals surface area (Å²) in [6.45, 7) is 6.49. The number of carbonyl (C=O) groups excluding carboxylic acids is 2. The summed E-state index contributed by atoms with van der Waals surface area (Å²) in [7, 11) is 3.08. The molecule has 1 N–H and O–H groups in total. The Bertz CT molecular complexity index is 895. The summed E-state index contributed by atoms with van der Waals surface area (Å²) in [5.41, 5.74) is 0.867. The molecule has 0 saturated carbocycles. The molecule has 180 valence electrons. The molecule has 0 aliphatic rings. The normalized spacial score (nSPS) is 11.6.